The van der Waals surface area contributed by atoms with E-state index in [1.807, 2.05) is 30.3 Å². The number of carbonyl (C=O) groups excluding carboxylic acids is 1. The molecule has 9 nitrogen and oxygen atoms in total. The van der Waals surface area contributed by atoms with Gasteiger partial charge in [0.05, 0.1) is 25.1 Å². The van der Waals surface area contributed by atoms with Gasteiger partial charge in [0, 0.05) is 5.56 Å². The fourth-order valence-electron chi connectivity index (χ4n) is 3.77. The maximum absolute atomic E-state index is 13.4. The number of para-hydroxylation sites is 2. The molecule has 0 saturated heterocycles. The molecule has 0 bridgehead atoms. The SMILES string of the molecule is COc1ccc(-c2nnc(NC(=O)[C@@H]3CN(S(=O)(=O)Cc4ccccc4)c4ccccc4O3)s2)cc1. The summed E-state index contributed by atoms with van der Waals surface area (Å²) in [7, 11) is -2.20. The fourth-order valence-corrected chi connectivity index (χ4v) is 6.11. The molecule has 0 fully saturated rings. The number of fused-ring (bicyclic) bond motifs is 1. The number of sulfonamides is 1. The molecule has 0 spiro atoms. The third kappa shape index (κ3) is 5.02. The first kappa shape index (κ1) is 23.8. The van der Waals surface area contributed by atoms with Crippen LogP contribution in [0.3, 0.4) is 0 Å². The van der Waals surface area contributed by atoms with Gasteiger partial charge in [-0.25, -0.2) is 8.42 Å². The summed E-state index contributed by atoms with van der Waals surface area (Å²) in [4.78, 5) is 13.1. The van der Waals surface area contributed by atoms with Crippen LogP contribution in [0.25, 0.3) is 10.6 Å². The molecule has 1 atom stereocenters. The zero-order valence-corrected chi connectivity index (χ0v) is 20.8. The monoisotopic (exact) mass is 522 g/mol. The number of amides is 1. The number of nitrogens with one attached hydrogen (secondary N) is 1. The highest BCUT2D eigenvalue weighted by Crippen LogP contribution is 2.36. The topological polar surface area (TPSA) is 111 Å². The number of hydrogen-bond acceptors (Lipinski definition) is 8. The van der Waals surface area contributed by atoms with Crippen molar-refractivity contribution in [3.63, 3.8) is 0 Å². The Morgan fingerprint density at radius 1 is 1.06 bits per heavy atom. The van der Waals surface area contributed by atoms with Gasteiger partial charge in [0.15, 0.2) is 6.10 Å². The molecule has 0 saturated carbocycles. The Morgan fingerprint density at radius 2 is 1.78 bits per heavy atom. The summed E-state index contributed by atoms with van der Waals surface area (Å²) in [5.41, 5.74) is 1.88. The molecule has 11 heteroatoms. The number of methoxy groups -OCH3 is 1. The van der Waals surface area contributed by atoms with Crippen molar-refractivity contribution in [1.29, 1.82) is 0 Å². The van der Waals surface area contributed by atoms with E-state index in [4.69, 9.17) is 9.47 Å². The maximum atomic E-state index is 13.4. The van der Waals surface area contributed by atoms with Crippen LogP contribution in [-0.4, -0.2) is 44.3 Å². The molecule has 1 aromatic heterocycles. The number of anilines is 2. The van der Waals surface area contributed by atoms with E-state index in [1.165, 1.54) is 15.6 Å². The van der Waals surface area contributed by atoms with Crippen molar-refractivity contribution in [1.82, 2.24) is 10.2 Å². The minimum absolute atomic E-state index is 0.165. The molecule has 5 rings (SSSR count). The van der Waals surface area contributed by atoms with Crippen molar-refractivity contribution in [3.8, 4) is 22.1 Å². The van der Waals surface area contributed by atoms with Crippen LogP contribution in [0.2, 0.25) is 0 Å². The van der Waals surface area contributed by atoms with Crippen LogP contribution in [0.15, 0.2) is 78.9 Å². The van der Waals surface area contributed by atoms with Crippen LogP contribution in [0.1, 0.15) is 5.56 Å². The van der Waals surface area contributed by atoms with E-state index in [2.05, 4.69) is 15.5 Å². The Labute approximate surface area is 212 Å². The number of nitrogens with zero attached hydrogens (tertiary/aromatic N) is 3. The van der Waals surface area contributed by atoms with Gasteiger partial charge in [-0.15, -0.1) is 10.2 Å². The molecule has 0 unspecified atom stereocenters. The second kappa shape index (κ2) is 9.96. The molecule has 184 valence electrons. The second-order valence-corrected chi connectivity index (χ2v) is 10.8. The lowest BCUT2D eigenvalue weighted by atomic mass is 10.2. The summed E-state index contributed by atoms with van der Waals surface area (Å²) in [6.45, 7) is -0.165. The summed E-state index contributed by atoms with van der Waals surface area (Å²) < 4.78 is 39.0. The van der Waals surface area contributed by atoms with E-state index in [-0.39, 0.29) is 17.4 Å². The van der Waals surface area contributed by atoms with Gasteiger partial charge >= 0.3 is 0 Å². The molecule has 2 heterocycles. The second-order valence-electron chi connectivity index (χ2n) is 7.98. The van der Waals surface area contributed by atoms with Crippen molar-refractivity contribution in [2.75, 3.05) is 23.3 Å². The van der Waals surface area contributed by atoms with E-state index in [1.54, 1.807) is 55.6 Å². The van der Waals surface area contributed by atoms with Crippen LogP contribution in [0.4, 0.5) is 10.8 Å². The summed E-state index contributed by atoms with van der Waals surface area (Å²) in [5, 5.41) is 11.8. The number of rotatable bonds is 7. The van der Waals surface area contributed by atoms with E-state index in [9.17, 15) is 13.2 Å². The normalized spacial score (nSPS) is 15.0. The Morgan fingerprint density at radius 3 is 2.53 bits per heavy atom. The van der Waals surface area contributed by atoms with Gasteiger partial charge in [-0.05, 0) is 42.0 Å². The number of hydrogen-bond donors (Lipinski definition) is 1. The fraction of sp³-hybridized carbons (Fsp3) is 0.160. The summed E-state index contributed by atoms with van der Waals surface area (Å²) >= 11 is 1.20. The minimum Gasteiger partial charge on any atom is -0.497 e. The maximum Gasteiger partial charge on any atom is 0.269 e. The molecule has 3 aromatic carbocycles. The van der Waals surface area contributed by atoms with Crippen LogP contribution in [0.5, 0.6) is 11.5 Å². The number of benzene rings is 3. The van der Waals surface area contributed by atoms with Crippen molar-refractivity contribution in [2.45, 2.75) is 11.9 Å². The molecule has 1 aliphatic rings. The van der Waals surface area contributed by atoms with Crippen LogP contribution >= 0.6 is 11.3 Å². The molecular weight excluding hydrogens is 500 g/mol. The van der Waals surface area contributed by atoms with Gasteiger partial charge in [-0.2, -0.15) is 0 Å². The average Bonchev–Trinajstić information content (AvgIpc) is 3.36. The van der Waals surface area contributed by atoms with E-state index >= 15 is 0 Å². The molecule has 36 heavy (non-hydrogen) atoms. The highest BCUT2D eigenvalue weighted by molar-refractivity contribution is 7.92. The number of ether oxygens (including phenoxy) is 2. The highest BCUT2D eigenvalue weighted by Gasteiger charge is 2.37. The van der Waals surface area contributed by atoms with Gasteiger partial charge in [0.25, 0.3) is 5.91 Å². The van der Waals surface area contributed by atoms with Crippen molar-refractivity contribution in [2.24, 2.45) is 0 Å². The Balaban J connectivity index is 1.35. The largest absolute Gasteiger partial charge is 0.497 e. The molecular formula is C25H22N4O5S2. The lowest BCUT2D eigenvalue weighted by Gasteiger charge is -2.34. The van der Waals surface area contributed by atoms with Gasteiger partial charge < -0.3 is 9.47 Å². The summed E-state index contributed by atoms with van der Waals surface area (Å²) in [6.07, 6.45) is -1.07. The van der Waals surface area contributed by atoms with Crippen molar-refractivity contribution in [3.05, 3.63) is 84.4 Å². The van der Waals surface area contributed by atoms with Crippen LogP contribution < -0.4 is 19.1 Å². The Bertz CT molecular complexity index is 1470. The Hall–Kier alpha value is -3.96. The van der Waals surface area contributed by atoms with Crippen molar-refractivity contribution >= 4 is 38.1 Å². The van der Waals surface area contributed by atoms with Gasteiger partial charge in [-0.3, -0.25) is 14.4 Å². The molecule has 0 aliphatic carbocycles. The first-order valence-electron chi connectivity index (χ1n) is 11.0. The first-order valence-corrected chi connectivity index (χ1v) is 13.4. The lowest BCUT2D eigenvalue weighted by Crippen LogP contribution is -2.49. The highest BCUT2D eigenvalue weighted by atomic mass is 32.2. The minimum atomic E-state index is -3.79. The molecule has 4 aromatic rings. The van der Waals surface area contributed by atoms with E-state index in [0.717, 1.165) is 11.3 Å². The zero-order valence-electron chi connectivity index (χ0n) is 19.2. The zero-order chi connectivity index (χ0) is 25.1. The smallest absolute Gasteiger partial charge is 0.269 e. The quantitative estimate of drug-likeness (QED) is 0.391. The number of aromatic nitrogens is 2. The summed E-state index contributed by atoms with van der Waals surface area (Å²) in [6, 6.07) is 23.0. The molecule has 1 N–H and O–H groups in total. The number of carbonyl (C=O) groups is 1. The van der Waals surface area contributed by atoms with Crippen molar-refractivity contribution < 1.29 is 22.7 Å². The van der Waals surface area contributed by atoms with Gasteiger partial charge in [0.2, 0.25) is 15.2 Å². The molecule has 1 amide bonds. The predicted octanol–water partition coefficient (Wildman–Crippen LogP) is 3.95. The molecule has 1 aliphatic heterocycles. The third-order valence-electron chi connectivity index (χ3n) is 5.55. The van der Waals surface area contributed by atoms with E-state index < -0.39 is 22.0 Å². The Kier molecular flexibility index (Phi) is 6.57. The first-order chi connectivity index (χ1) is 17.4. The van der Waals surface area contributed by atoms with Crippen LogP contribution in [0, 0.1) is 0 Å². The van der Waals surface area contributed by atoms with Gasteiger partial charge in [-0.1, -0.05) is 53.8 Å². The van der Waals surface area contributed by atoms with Crippen LogP contribution in [-0.2, 0) is 20.6 Å². The van der Waals surface area contributed by atoms with Gasteiger partial charge in [0.1, 0.15) is 16.5 Å². The predicted molar refractivity (Wildman–Crippen MR) is 138 cm³/mol. The standard InChI is InChI=1S/C25H22N4O5S2/c1-33-19-13-11-18(12-14-19)24-27-28-25(35-24)26-23(30)22-15-29(20-9-5-6-10-21(20)34-22)36(31,32)16-17-7-3-2-4-8-17/h2-14,22H,15-16H2,1H3,(H,26,28,30)/t22-/m0/s1. The summed E-state index contributed by atoms with van der Waals surface area (Å²) in [5.74, 6) is 0.329. The van der Waals surface area contributed by atoms with E-state index in [0.29, 0.717) is 22.0 Å². The molecule has 0 radical (unpaired) electrons. The third-order valence-corrected chi connectivity index (χ3v) is 8.15. The average molecular weight is 523 g/mol. The lowest BCUT2D eigenvalue weighted by molar-refractivity contribution is -0.122.